The first-order valence-corrected chi connectivity index (χ1v) is 12.0. The number of unbranched alkanes of at least 4 members (excludes halogenated alkanes) is 2. The normalized spacial score (nSPS) is 16.9. The van der Waals surface area contributed by atoms with E-state index in [-0.39, 0.29) is 19.2 Å². The second-order valence-corrected chi connectivity index (χ2v) is 8.53. The predicted octanol–water partition coefficient (Wildman–Crippen LogP) is 5.08. The van der Waals surface area contributed by atoms with E-state index in [1.807, 2.05) is 42.5 Å². The van der Waals surface area contributed by atoms with Gasteiger partial charge in [0.15, 0.2) is 5.72 Å². The maximum atomic E-state index is 13.1. The maximum Gasteiger partial charge on any atom is 0.324 e. The number of aryl methyl sites for hydroxylation is 1. The molecule has 0 radical (unpaired) electrons. The number of nitrogens with two attached hydrogens (primary N) is 1. The van der Waals surface area contributed by atoms with Crippen LogP contribution in [0.15, 0.2) is 72.8 Å². The highest BCUT2D eigenvalue weighted by molar-refractivity contribution is 7.77. The summed E-state index contributed by atoms with van der Waals surface area (Å²) in [6, 6.07) is 22.0. The summed E-state index contributed by atoms with van der Waals surface area (Å²) in [5.41, 5.74) is 2.15. The van der Waals surface area contributed by atoms with Crippen LogP contribution in [0.4, 0.5) is 10.5 Å². The Morgan fingerprint density at radius 1 is 0.941 bits per heavy atom. The largest absolute Gasteiger partial charge is 0.396 e. The number of aliphatic hydroxyl groups is 2. The van der Waals surface area contributed by atoms with Crippen molar-refractivity contribution in [1.82, 2.24) is 4.90 Å². The van der Waals surface area contributed by atoms with Crippen molar-refractivity contribution < 1.29 is 15.0 Å². The molecule has 180 valence electrons. The Balaban J connectivity index is 0.00000158. The number of carbonyl (C=O) groups is 1. The Morgan fingerprint density at radius 2 is 1.62 bits per heavy atom. The van der Waals surface area contributed by atoms with E-state index < -0.39 is 5.72 Å². The van der Waals surface area contributed by atoms with Crippen molar-refractivity contribution in [1.29, 1.82) is 0 Å². The lowest BCUT2D eigenvalue weighted by Gasteiger charge is -2.44. The van der Waals surface area contributed by atoms with Gasteiger partial charge in [0.25, 0.3) is 0 Å². The number of aliphatic hydroxyl groups excluding tert-OH is 1. The van der Waals surface area contributed by atoms with Crippen LogP contribution in [0.3, 0.4) is 0 Å². The smallest absolute Gasteiger partial charge is 0.324 e. The van der Waals surface area contributed by atoms with E-state index in [0.717, 1.165) is 31.2 Å². The molecule has 8 heteroatoms. The lowest BCUT2D eigenvalue weighted by Crippen LogP contribution is -2.55. The van der Waals surface area contributed by atoms with Crippen molar-refractivity contribution >= 4 is 36.1 Å². The van der Waals surface area contributed by atoms with Crippen molar-refractivity contribution in [3.63, 3.8) is 0 Å². The van der Waals surface area contributed by atoms with E-state index in [1.54, 1.807) is 18.2 Å². The van der Waals surface area contributed by atoms with Gasteiger partial charge in [0.1, 0.15) is 0 Å². The number of thiol groups is 1. The van der Waals surface area contributed by atoms with Crippen LogP contribution in [0.5, 0.6) is 0 Å². The predicted molar refractivity (Wildman–Crippen MR) is 140 cm³/mol. The first kappa shape index (κ1) is 26.1. The Bertz CT molecular complexity index is 1080. The van der Waals surface area contributed by atoms with Gasteiger partial charge >= 0.3 is 6.03 Å². The van der Waals surface area contributed by atoms with Gasteiger partial charge in [0.05, 0.1) is 12.2 Å². The molecule has 4 rings (SSSR count). The molecule has 0 saturated carbocycles. The number of hydrogen-bond acceptors (Lipinski definition) is 5. The van der Waals surface area contributed by atoms with Gasteiger partial charge in [-0.25, -0.2) is 4.79 Å². The minimum absolute atomic E-state index is 0.230. The van der Waals surface area contributed by atoms with Crippen LogP contribution < -0.4 is 10.5 Å². The number of fused-ring (bicyclic) bond motifs is 1. The number of halogens is 1. The van der Waals surface area contributed by atoms with Gasteiger partial charge in [-0.1, -0.05) is 72.6 Å². The van der Waals surface area contributed by atoms with Crippen LogP contribution in [0.1, 0.15) is 41.5 Å². The topological polar surface area (TPSA) is 98.8 Å². The molecule has 0 fully saturated rings. The summed E-state index contributed by atoms with van der Waals surface area (Å²) >= 11 is 9.29. The lowest BCUT2D eigenvalue weighted by atomic mass is 9.89. The van der Waals surface area contributed by atoms with Gasteiger partial charge in [0.2, 0.25) is 0 Å². The maximum absolute atomic E-state index is 13.1. The summed E-state index contributed by atoms with van der Waals surface area (Å²) in [6.07, 6.45) is 3.80. The number of benzene rings is 3. The molecular formula is C26H30ClN3O3S. The minimum atomic E-state index is -1.66. The van der Waals surface area contributed by atoms with Gasteiger partial charge in [-0.15, -0.1) is 12.8 Å². The summed E-state index contributed by atoms with van der Waals surface area (Å²) in [6.45, 7) is 0.462. The Morgan fingerprint density at radius 3 is 2.29 bits per heavy atom. The summed E-state index contributed by atoms with van der Waals surface area (Å²) < 4.78 is 0. The van der Waals surface area contributed by atoms with E-state index in [0.29, 0.717) is 21.8 Å². The molecule has 0 bridgehead atoms. The Hall–Kier alpha value is -2.55. The SMILES string of the molecule is NS.O=C1Nc2ccc(Cl)cc2C(O)(c2ccccc2)N1Cc1ccc(CCCCCO)cc1. The van der Waals surface area contributed by atoms with Crippen molar-refractivity contribution in [2.24, 2.45) is 5.14 Å². The first-order valence-electron chi connectivity index (χ1n) is 11.1. The van der Waals surface area contributed by atoms with Gasteiger partial charge in [0, 0.05) is 22.8 Å². The van der Waals surface area contributed by atoms with Crippen molar-refractivity contribution in [3.8, 4) is 0 Å². The third-order valence-corrected chi connectivity index (χ3v) is 6.13. The second-order valence-electron chi connectivity index (χ2n) is 8.10. The van der Waals surface area contributed by atoms with Gasteiger partial charge in [-0.05, 0) is 48.6 Å². The molecule has 1 heterocycles. The molecule has 6 nitrogen and oxygen atoms in total. The average molecular weight is 500 g/mol. The Kier molecular flexibility index (Phi) is 9.38. The highest BCUT2D eigenvalue weighted by atomic mass is 35.5. The fourth-order valence-electron chi connectivity index (χ4n) is 4.17. The van der Waals surface area contributed by atoms with Crippen LogP contribution in [-0.2, 0) is 18.7 Å². The van der Waals surface area contributed by atoms with Crippen LogP contribution in [0.2, 0.25) is 5.02 Å². The third-order valence-electron chi connectivity index (χ3n) is 5.90. The summed E-state index contributed by atoms with van der Waals surface area (Å²) in [7, 11) is 0. The van der Waals surface area contributed by atoms with Crippen LogP contribution in [0, 0.1) is 0 Å². The Labute approximate surface area is 210 Å². The van der Waals surface area contributed by atoms with E-state index in [2.05, 4.69) is 35.4 Å². The number of nitrogens with zero attached hydrogens (tertiary/aromatic N) is 1. The lowest BCUT2D eigenvalue weighted by molar-refractivity contribution is -0.0565. The summed E-state index contributed by atoms with van der Waals surface area (Å²) in [5.74, 6) is 0. The quantitative estimate of drug-likeness (QED) is 0.220. The molecule has 3 aromatic carbocycles. The molecule has 3 aromatic rings. The molecule has 1 unspecified atom stereocenters. The van der Waals surface area contributed by atoms with E-state index >= 15 is 0 Å². The molecule has 2 amide bonds. The fourth-order valence-corrected chi connectivity index (χ4v) is 4.34. The molecular weight excluding hydrogens is 470 g/mol. The zero-order valence-corrected chi connectivity index (χ0v) is 20.5. The molecule has 1 atom stereocenters. The molecule has 0 aromatic heterocycles. The number of carbonyl (C=O) groups excluding carboxylic acids is 1. The first-order chi connectivity index (χ1) is 16.5. The molecule has 1 aliphatic heterocycles. The molecule has 0 saturated heterocycles. The fraction of sp³-hybridized carbons (Fsp3) is 0.269. The number of hydrogen-bond donors (Lipinski definition) is 5. The van der Waals surface area contributed by atoms with E-state index in [4.69, 9.17) is 16.7 Å². The number of anilines is 1. The van der Waals surface area contributed by atoms with Gasteiger partial charge in [-0.3, -0.25) is 10.0 Å². The zero-order valence-electron chi connectivity index (χ0n) is 18.8. The highest BCUT2D eigenvalue weighted by Crippen LogP contribution is 2.43. The summed E-state index contributed by atoms with van der Waals surface area (Å²) in [4.78, 5) is 14.5. The number of rotatable bonds is 8. The standard InChI is InChI=1S/C26H27ClN2O3.H3NS/c27-22-14-15-24-23(17-22)26(32,21-8-4-1-5-9-21)29(25(31)28-24)18-20-12-10-19(11-13-20)7-3-2-6-16-30;1-2/h1,4-5,8-15,17,30,32H,2-3,6-7,16,18H2,(H,28,31);2H,1H2. The summed E-state index contributed by atoms with van der Waals surface area (Å²) in [5, 5.41) is 28.5. The van der Waals surface area contributed by atoms with Gasteiger partial charge in [-0.2, -0.15) is 0 Å². The molecule has 1 aliphatic rings. The van der Waals surface area contributed by atoms with Gasteiger partial charge < -0.3 is 15.5 Å². The van der Waals surface area contributed by atoms with Crippen molar-refractivity contribution in [3.05, 3.63) is 100 Å². The number of amides is 2. The number of nitrogens with one attached hydrogen (secondary N) is 1. The molecule has 0 aliphatic carbocycles. The van der Waals surface area contributed by atoms with Crippen LogP contribution >= 0.6 is 24.4 Å². The van der Waals surface area contributed by atoms with Crippen LogP contribution in [-0.4, -0.2) is 27.8 Å². The average Bonchev–Trinajstić information content (AvgIpc) is 2.87. The van der Waals surface area contributed by atoms with E-state index in [1.165, 1.54) is 10.5 Å². The highest BCUT2D eigenvalue weighted by Gasteiger charge is 2.46. The second kappa shape index (κ2) is 12.2. The minimum Gasteiger partial charge on any atom is -0.396 e. The number of urea groups is 1. The molecule has 5 N–H and O–H groups in total. The molecule has 34 heavy (non-hydrogen) atoms. The van der Waals surface area contributed by atoms with Crippen molar-refractivity contribution in [2.45, 2.75) is 38.0 Å². The van der Waals surface area contributed by atoms with Crippen LogP contribution in [0.25, 0.3) is 0 Å². The molecule has 0 spiro atoms. The third kappa shape index (κ3) is 5.74. The zero-order chi connectivity index (χ0) is 24.6. The monoisotopic (exact) mass is 499 g/mol. The van der Waals surface area contributed by atoms with E-state index in [9.17, 15) is 9.90 Å². The van der Waals surface area contributed by atoms with Crippen molar-refractivity contribution in [2.75, 3.05) is 11.9 Å².